The maximum Gasteiger partial charge on any atom is 0.264 e. The summed E-state index contributed by atoms with van der Waals surface area (Å²) in [5.74, 6) is -0.648. The van der Waals surface area contributed by atoms with Crippen LogP contribution in [0.1, 0.15) is 49.8 Å². The summed E-state index contributed by atoms with van der Waals surface area (Å²) < 4.78 is 28.9. The van der Waals surface area contributed by atoms with Crippen LogP contribution in [0.2, 0.25) is 0 Å². The Hall–Kier alpha value is -3.65. The molecule has 40 heavy (non-hydrogen) atoms. The fourth-order valence-electron chi connectivity index (χ4n) is 4.48. The van der Waals surface area contributed by atoms with Gasteiger partial charge in [0, 0.05) is 13.1 Å². The first kappa shape index (κ1) is 30.9. The summed E-state index contributed by atoms with van der Waals surface area (Å²) in [5, 5.41) is 2.96. The van der Waals surface area contributed by atoms with Gasteiger partial charge in [-0.1, -0.05) is 86.0 Å². The van der Waals surface area contributed by atoms with Crippen LogP contribution in [0.5, 0.6) is 0 Å². The normalized spacial score (nSPS) is 12.0. The number of hydrogen-bond donors (Lipinski definition) is 1. The maximum absolute atomic E-state index is 14.0. The molecule has 3 aromatic rings. The molecule has 0 bridgehead atoms. The van der Waals surface area contributed by atoms with Crippen LogP contribution < -0.4 is 9.62 Å². The number of rotatable bonds is 14. The van der Waals surface area contributed by atoms with Crippen LogP contribution in [0.3, 0.4) is 0 Å². The lowest BCUT2D eigenvalue weighted by Crippen LogP contribution is -2.53. The number of nitrogens with zero attached hydrogens (tertiary/aromatic N) is 2. The largest absolute Gasteiger partial charge is 0.354 e. The number of anilines is 1. The van der Waals surface area contributed by atoms with Crippen LogP contribution in [0.25, 0.3) is 0 Å². The molecule has 0 saturated heterocycles. The van der Waals surface area contributed by atoms with Crippen LogP contribution in [0.15, 0.2) is 83.8 Å². The second-order valence-electron chi connectivity index (χ2n) is 10.1. The number of carbonyl (C=O) groups is 2. The molecule has 0 aliphatic heterocycles. The third-order valence-corrected chi connectivity index (χ3v) is 8.70. The number of nitrogens with one attached hydrogen (secondary N) is 1. The molecule has 0 aromatic heterocycles. The standard InChI is InChI=1S/C32H41N3O4S/c1-5-7-22-33-32(37)30(6-2)34(23-21-27-11-9-8-10-12-27)31(36)24-35(28-17-13-25(3)14-18-28)40(38,39)29-19-15-26(4)16-20-29/h8-20,30H,5-7,21-24H2,1-4H3,(H,33,37)/t30-/m0/s1. The zero-order valence-electron chi connectivity index (χ0n) is 24.0. The van der Waals surface area contributed by atoms with E-state index < -0.39 is 28.5 Å². The van der Waals surface area contributed by atoms with E-state index in [-0.39, 0.29) is 17.3 Å². The van der Waals surface area contributed by atoms with Crippen LogP contribution in [0, 0.1) is 13.8 Å². The minimum absolute atomic E-state index is 0.103. The number of unbranched alkanes of at least 4 members (excludes halogenated alkanes) is 1. The highest BCUT2D eigenvalue weighted by Gasteiger charge is 2.33. The highest BCUT2D eigenvalue weighted by Crippen LogP contribution is 2.25. The Balaban J connectivity index is 1.97. The van der Waals surface area contributed by atoms with Gasteiger partial charge in [0.25, 0.3) is 10.0 Å². The molecule has 0 saturated carbocycles. The first-order valence-corrected chi connectivity index (χ1v) is 15.4. The molecular formula is C32H41N3O4S. The van der Waals surface area contributed by atoms with Crippen LogP contribution in [-0.4, -0.2) is 50.8 Å². The lowest BCUT2D eigenvalue weighted by molar-refractivity contribution is -0.139. The van der Waals surface area contributed by atoms with E-state index in [2.05, 4.69) is 5.32 Å². The van der Waals surface area contributed by atoms with E-state index in [0.717, 1.165) is 33.8 Å². The van der Waals surface area contributed by atoms with Crippen molar-refractivity contribution in [2.75, 3.05) is 23.9 Å². The van der Waals surface area contributed by atoms with Crippen molar-refractivity contribution < 1.29 is 18.0 Å². The average Bonchev–Trinajstić information content (AvgIpc) is 2.95. The van der Waals surface area contributed by atoms with Crippen molar-refractivity contribution in [2.45, 2.75) is 64.3 Å². The molecule has 2 amide bonds. The summed E-state index contributed by atoms with van der Waals surface area (Å²) in [6, 6.07) is 22.7. The third-order valence-electron chi connectivity index (χ3n) is 6.91. The highest BCUT2D eigenvalue weighted by atomic mass is 32.2. The average molecular weight is 564 g/mol. The van der Waals surface area contributed by atoms with Gasteiger partial charge in [-0.2, -0.15) is 0 Å². The number of benzene rings is 3. The smallest absolute Gasteiger partial charge is 0.264 e. The molecule has 8 heteroatoms. The summed E-state index contributed by atoms with van der Waals surface area (Å²) >= 11 is 0. The molecule has 3 rings (SSSR count). The number of sulfonamides is 1. The van der Waals surface area contributed by atoms with Crippen molar-refractivity contribution in [1.82, 2.24) is 10.2 Å². The van der Waals surface area contributed by atoms with Gasteiger partial charge in [0.05, 0.1) is 10.6 Å². The number of amides is 2. The maximum atomic E-state index is 14.0. The van der Waals surface area contributed by atoms with Gasteiger partial charge in [0.2, 0.25) is 11.8 Å². The van der Waals surface area contributed by atoms with Gasteiger partial charge in [0.1, 0.15) is 12.6 Å². The Bertz CT molecular complexity index is 1340. The first-order valence-electron chi connectivity index (χ1n) is 13.9. The Morgan fingerprint density at radius 1 is 0.850 bits per heavy atom. The minimum Gasteiger partial charge on any atom is -0.354 e. The molecule has 0 fully saturated rings. The van der Waals surface area contributed by atoms with E-state index in [4.69, 9.17) is 0 Å². The fraction of sp³-hybridized carbons (Fsp3) is 0.375. The first-order chi connectivity index (χ1) is 19.2. The molecule has 214 valence electrons. The fourth-order valence-corrected chi connectivity index (χ4v) is 5.89. The molecule has 3 aromatic carbocycles. The van der Waals surface area contributed by atoms with Gasteiger partial charge in [-0.25, -0.2) is 8.42 Å². The molecule has 0 unspecified atom stereocenters. The quantitative estimate of drug-likeness (QED) is 0.271. The van der Waals surface area contributed by atoms with Gasteiger partial charge in [-0.05, 0) is 62.9 Å². The molecule has 0 heterocycles. The number of aryl methyl sites for hydroxylation is 2. The topological polar surface area (TPSA) is 86.8 Å². The van der Waals surface area contributed by atoms with Crippen molar-refractivity contribution in [2.24, 2.45) is 0 Å². The van der Waals surface area contributed by atoms with Gasteiger partial charge in [-0.15, -0.1) is 0 Å². The van der Waals surface area contributed by atoms with Gasteiger partial charge in [-0.3, -0.25) is 13.9 Å². The molecule has 1 N–H and O–H groups in total. The van der Waals surface area contributed by atoms with E-state index >= 15 is 0 Å². The van der Waals surface area contributed by atoms with Crippen molar-refractivity contribution >= 4 is 27.5 Å². The van der Waals surface area contributed by atoms with E-state index in [9.17, 15) is 18.0 Å². The number of hydrogen-bond acceptors (Lipinski definition) is 4. The Morgan fingerprint density at radius 3 is 2.02 bits per heavy atom. The predicted molar refractivity (Wildman–Crippen MR) is 161 cm³/mol. The molecular weight excluding hydrogens is 522 g/mol. The van der Waals surface area contributed by atoms with E-state index in [1.807, 2.05) is 70.2 Å². The van der Waals surface area contributed by atoms with Crippen LogP contribution in [0.4, 0.5) is 5.69 Å². The molecule has 0 radical (unpaired) electrons. The van der Waals surface area contributed by atoms with Gasteiger partial charge < -0.3 is 10.2 Å². The van der Waals surface area contributed by atoms with E-state index in [1.54, 1.807) is 41.3 Å². The van der Waals surface area contributed by atoms with E-state index in [0.29, 0.717) is 25.1 Å². The lowest BCUT2D eigenvalue weighted by atomic mass is 10.1. The Morgan fingerprint density at radius 2 is 1.45 bits per heavy atom. The van der Waals surface area contributed by atoms with Gasteiger partial charge in [0.15, 0.2) is 0 Å². The molecule has 1 atom stereocenters. The zero-order chi connectivity index (χ0) is 29.1. The third kappa shape index (κ3) is 8.18. The molecule has 7 nitrogen and oxygen atoms in total. The number of carbonyl (C=O) groups excluding carboxylic acids is 2. The lowest BCUT2D eigenvalue weighted by Gasteiger charge is -2.33. The Kier molecular flexibility index (Phi) is 11.3. The van der Waals surface area contributed by atoms with Crippen molar-refractivity contribution in [1.29, 1.82) is 0 Å². The summed E-state index contributed by atoms with van der Waals surface area (Å²) in [5.41, 5.74) is 3.33. The monoisotopic (exact) mass is 563 g/mol. The zero-order valence-corrected chi connectivity index (χ0v) is 24.8. The second kappa shape index (κ2) is 14.7. The van der Waals surface area contributed by atoms with Crippen LogP contribution in [-0.2, 0) is 26.0 Å². The summed E-state index contributed by atoms with van der Waals surface area (Å²) in [7, 11) is -4.06. The van der Waals surface area contributed by atoms with Crippen molar-refractivity contribution in [3.63, 3.8) is 0 Å². The summed E-state index contributed by atoms with van der Waals surface area (Å²) in [4.78, 5) is 28.9. The van der Waals surface area contributed by atoms with Crippen molar-refractivity contribution in [3.05, 3.63) is 95.6 Å². The Labute approximate surface area is 239 Å². The molecule has 0 aliphatic rings. The molecule has 0 spiro atoms. The second-order valence-corrected chi connectivity index (χ2v) is 11.9. The van der Waals surface area contributed by atoms with E-state index in [1.165, 1.54) is 0 Å². The van der Waals surface area contributed by atoms with Crippen LogP contribution >= 0.6 is 0 Å². The minimum atomic E-state index is -4.06. The SMILES string of the molecule is CCCCNC(=O)[C@H](CC)N(CCc1ccccc1)C(=O)CN(c1ccc(C)cc1)S(=O)(=O)c1ccc(C)cc1. The van der Waals surface area contributed by atoms with Gasteiger partial charge >= 0.3 is 0 Å². The predicted octanol–water partition coefficient (Wildman–Crippen LogP) is 5.26. The summed E-state index contributed by atoms with van der Waals surface area (Å²) in [6.45, 7) is 8.12. The van der Waals surface area contributed by atoms with Crippen molar-refractivity contribution in [3.8, 4) is 0 Å². The molecule has 0 aliphatic carbocycles. The highest BCUT2D eigenvalue weighted by molar-refractivity contribution is 7.92. The summed E-state index contributed by atoms with van der Waals surface area (Å²) in [6.07, 6.45) is 2.74.